The van der Waals surface area contributed by atoms with Crippen molar-refractivity contribution in [3.8, 4) is 9.88 Å². The Balaban J connectivity index is 1.71. The molecule has 0 radical (unpaired) electrons. The van der Waals surface area contributed by atoms with Gasteiger partial charge in [0.25, 0.3) is 5.91 Å². The fourth-order valence-corrected chi connectivity index (χ4v) is 4.18. The zero-order valence-electron chi connectivity index (χ0n) is 13.8. The summed E-state index contributed by atoms with van der Waals surface area (Å²) in [6.07, 6.45) is 1.65. The van der Waals surface area contributed by atoms with Crippen LogP contribution in [-0.2, 0) is 0 Å². The van der Waals surface area contributed by atoms with Gasteiger partial charge in [-0.15, -0.1) is 22.7 Å². The van der Waals surface area contributed by atoms with Crippen LogP contribution >= 0.6 is 22.7 Å². The summed E-state index contributed by atoms with van der Waals surface area (Å²) in [5, 5.41) is 5.90. The van der Waals surface area contributed by atoms with Crippen LogP contribution < -0.4 is 5.32 Å². The van der Waals surface area contributed by atoms with Crippen LogP contribution in [-0.4, -0.2) is 36.4 Å². The standard InChI is InChI=1S/C17H19N3O2S2/c1-11-15(24-17(19-11)14-7-5-9-23-14)16(21)18-10-12(20(2)3)13-6-4-8-22-13/h4-9,12H,10H2,1-3H3,(H,18,21). The van der Waals surface area contributed by atoms with Crippen LogP contribution in [0, 0.1) is 6.92 Å². The summed E-state index contributed by atoms with van der Waals surface area (Å²) in [4.78, 5) is 20.9. The van der Waals surface area contributed by atoms with Gasteiger partial charge in [0.2, 0.25) is 0 Å². The largest absolute Gasteiger partial charge is 0.468 e. The van der Waals surface area contributed by atoms with Crippen molar-refractivity contribution < 1.29 is 9.21 Å². The van der Waals surface area contributed by atoms with Crippen molar-refractivity contribution in [2.45, 2.75) is 13.0 Å². The maximum Gasteiger partial charge on any atom is 0.263 e. The highest BCUT2D eigenvalue weighted by atomic mass is 32.1. The number of rotatable bonds is 6. The first-order chi connectivity index (χ1) is 11.6. The monoisotopic (exact) mass is 361 g/mol. The molecule has 0 aliphatic heterocycles. The van der Waals surface area contributed by atoms with Crippen LogP contribution in [0.2, 0.25) is 0 Å². The Labute approximate surface area is 149 Å². The van der Waals surface area contributed by atoms with Gasteiger partial charge < -0.3 is 9.73 Å². The lowest BCUT2D eigenvalue weighted by Gasteiger charge is -2.22. The van der Waals surface area contributed by atoms with E-state index in [4.69, 9.17) is 4.42 Å². The van der Waals surface area contributed by atoms with Crippen LogP contribution in [0.4, 0.5) is 0 Å². The fourth-order valence-electron chi connectivity index (χ4n) is 2.40. The van der Waals surface area contributed by atoms with Crippen molar-refractivity contribution in [3.63, 3.8) is 0 Å². The molecule has 0 saturated carbocycles. The number of nitrogens with one attached hydrogen (secondary N) is 1. The summed E-state index contributed by atoms with van der Waals surface area (Å²) in [6, 6.07) is 7.78. The molecule has 1 N–H and O–H groups in total. The van der Waals surface area contributed by atoms with Crippen molar-refractivity contribution in [1.82, 2.24) is 15.2 Å². The molecule has 126 valence electrons. The van der Waals surface area contributed by atoms with Crippen LogP contribution in [0.15, 0.2) is 40.3 Å². The third-order valence-electron chi connectivity index (χ3n) is 3.69. The van der Waals surface area contributed by atoms with Gasteiger partial charge in [0.1, 0.15) is 15.6 Å². The molecular formula is C17H19N3O2S2. The molecule has 3 heterocycles. The Morgan fingerprint density at radius 1 is 1.38 bits per heavy atom. The van der Waals surface area contributed by atoms with Crippen molar-refractivity contribution in [2.24, 2.45) is 0 Å². The number of carbonyl (C=O) groups is 1. The molecule has 1 amide bonds. The summed E-state index contributed by atoms with van der Waals surface area (Å²) < 4.78 is 5.47. The number of furan rings is 1. The van der Waals surface area contributed by atoms with E-state index < -0.39 is 0 Å². The van der Waals surface area contributed by atoms with E-state index >= 15 is 0 Å². The average molecular weight is 361 g/mol. The van der Waals surface area contributed by atoms with E-state index in [1.54, 1.807) is 17.6 Å². The van der Waals surface area contributed by atoms with Gasteiger partial charge in [-0.05, 0) is 44.6 Å². The molecule has 7 heteroatoms. The Kier molecular flexibility index (Phi) is 5.13. The molecule has 0 bridgehead atoms. The van der Waals surface area contributed by atoms with E-state index in [2.05, 4.69) is 10.3 Å². The molecule has 3 rings (SSSR count). The van der Waals surface area contributed by atoms with Crippen LogP contribution in [0.5, 0.6) is 0 Å². The molecule has 0 fully saturated rings. The number of hydrogen-bond acceptors (Lipinski definition) is 6. The van der Waals surface area contributed by atoms with Gasteiger partial charge >= 0.3 is 0 Å². The highest BCUT2D eigenvalue weighted by molar-refractivity contribution is 7.22. The molecular weight excluding hydrogens is 342 g/mol. The molecule has 5 nitrogen and oxygen atoms in total. The van der Waals surface area contributed by atoms with Crippen LogP contribution in [0.25, 0.3) is 9.88 Å². The molecule has 3 aromatic heterocycles. The Bertz CT molecular complexity index is 792. The molecule has 3 aromatic rings. The number of likely N-dealkylation sites (N-methyl/N-ethyl adjacent to an activating group) is 1. The van der Waals surface area contributed by atoms with Crippen LogP contribution in [0.3, 0.4) is 0 Å². The lowest BCUT2D eigenvalue weighted by Crippen LogP contribution is -2.34. The second-order valence-corrected chi connectivity index (χ2v) is 7.56. The third-order valence-corrected chi connectivity index (χ3v) is 5.88. The number of hydrogen-bond donors (Lipinski definition) is 1. The molecule has 0 aliphatic carbocycles. The highest BCUT2D eigenvalue weighted by Crippen LogP contribution is 2.31. The van der Waals surface area contributed by atoms with E-state index in [9.17, 15) is 4.79 Å². The zero-order valence-corrected chi connectivity index (χ0v) is 15.4. The fraction of sp³-hybridized carbons (Fsp3) is 0.294. The number of thiophene rings is 1. The van der Waals surface area contributed by atoms with E-state index in [1.165, 1.54) is 11.3 Å². The molecule has 0 aromatic carbocycles. The maximum atomic E-state index is 12.6. The van der Waals surface area contributed by atoms with Gasteiger partial charge in [0, 0.05) is 6.54 Å². The topological polar surface area (TPSA) is 58.4 Å². The minimum Gasteiger partial charge on any atom is -0.468 e. The van der Waals surface area contributed by atoms with Crippen molar-refractivity contribution in [2.75, 3.05) is 20.6 Å². The molecule has 1 atom stereocenters. The average Bonchev–Trinajstić information content (AvgIpc) is 3.28. The smallest absolute Gasteiger partial charge is 0.263 e. The number of nitrogens with zero attached hydrogens (tertiary/aromatic N) is 2. The normalized spacial score (nSPS) is 12.5. The van der Waals surface area contributed by atoms with Crippen molar-refractivity contribution in [3.05, 3.63) is 52.2 Å². The summed E-state index contributed by atoms with van der Waals surface area (Å²) in [5.41, 5.74) is 0.764. The van der Waals surface area contributed by atoms with E-state index in [0.29, 0.717) is 11.4 Å². The summed E-state index contributed by atoms with van der Waals surface area (Å²) in [7, 11) is 3.93. The number of thiazole rings is 1. The second-order valence-electron chi connectivity index (χ2n) is 5.62. The van der Waals surface area contributed by atoms with Gasteiger partial charge in [-0.3, -0.25) is 9.69 Å². The van der Waals surface area contributed by atoms with Gasteiger partial charge in [0.05, 0.1) is 22.9 Å². The van der Waals surface area contributed by atoms with E-state index in [0.717, 1.165) is 21.3 Å². The van der Waals surface area contributed by atoms with Gasteiger partial charge in [-0.25, -0.2) is 4.98 Å². The molecule has 1 unspecified atom stereocenters. The number of carbonyl (C=O) groups excluding carboxylic acids is 1. The van der Waals surface area contributed by atoms with Crippen molar-refractivity contribution in [1.29, 1.82) is 0 Å². The SMILES string of the molecule is Cc1nc(-c2cccs2)sc1C(=O)NCC(c1ccco1)N(C)C. The first-order valence-corrected chi connectivity index (χ1v) is 9.25. The molecule has 24 heavy (non-hydrogen) atoms. The summed E-state index contributed by atoms with van der Waals surface area (Å²) in [6.45, 7) is 2.35. The summed E-state index contributed by atoms with van der Waals surface area (Å²) >= 11 is 3.06. The van der Waals surface area contributed by atoms with Gasteiger partial charge in [-0.1, -0.05) is 6.07 Å². The Morgan fingerprint density at radius 2 is 2.21 bits per heavy atom. The number of aromatic nitrogens is 1. The highest BCUT2D eigenvalue weighted by Gasteiger charge is 2.21. The lowest BCUT2D eigenvalue weighted by atomic mass is 10.2. The minimum absolute atomic E-state index is 0.00561. The quantitative estimate of drug-likeness (QED) is 0.725. The first kappa shape index (κ1) is 16.9. The van der Waals surface area contributed by atoms with E-state index in [1.807, 2.05) is 55.6 Å². The molecule has 0 spiro atoms. The maximum absolute atomic E-state index is 12.6. The predicted molar refractivity (Wildman–Crippen MR) is 97.6 cm³/mol. The number of amides is 1. The first-order valence-electron chi connectivity index (χ1n) is 7.55. The van der Waals surface area contributed by atoms with Crippen molar-refractivity contribution >= 4 is 28.6 Å². The lowest BCUT2D eigenvalue weighted by molar-refractivity contribution is 0.0942. The second kappa shape index (κ2) is 7.29. The number of aryl methyl sites for hydroxylation is 1. The Hall–Kier alpha value is -1.96. The van der Waals surface area contributed by atoms with Gasteiger partial charge in [-0.2, -0.15) is 0 Å². The zero-order chi connectivity index (χ0) is 17.1. The van der Waals surface area contributed by atoms with E-state index in [-0.39, 0.29) is 11.9 Å². The van der Waals surface area contributed by atoms with Gasteiger partial charge in [0.15, 0.2) is 0 Å². The minimum atomic E-state index is -0.0915. The Morgan fingerprint density at radius 3 is 2.83 bits per heavy atom. The summed E-state index contributed by atoms with van der Waals surface area (Å²) in [5.74, 6) is 0.742. The third kappa shape index (κ3) is 3.58. The predicted octanol–water partition coefficient (Wildman–Crippen LogP) is 3.81. The van der Waals surface area contributed by atoms with Crippen LogP contribution in [0.1, 0.15) is 27.2 Å². The molecule has 0 aliphatic rings. The molecule has 0 saturated heterocycles.